The molecule has 0 radical (unpaired) electrons. The maximum atomic E-state index is 15.2. The Morgan fingerprint density at radius 1 is 0.917 bits per heavy atom. The van der Waals surface area contributed by atoms with Gasteiger partial charge in [0.2, 0.25) is 11.8 Å². The van der Waals surface area contributed by atoms with Crippen LogP contribution in [0.1, 0.15) is 35.4 Å². The third-order valence-corrected chi connectivity index (χ3v) is 10.4. The Labute approximate surface area is 276 Å². The van der Waals surface area contributed by atoms with Gasteiger partial charge in [-0.2, -0.15) is 9.91 Å². The zero-order valence-corrected chi connectivity index (χ0v) is 26.5. The summed E-state index contributed by atoms with van der Waals surface area (Å²) in [7, 11) is 2.85. The summed E-state index contributed by atoms with van der Waals surface area (Å²) in [5.41, 5.74) is 10.0. The van der Waals surface area contributed by atoms with E-state index in [2.05, 4.69) is 5.43 Å². The van der Waals surface area contributed by atoms with E-state index in [9.17, 15) is 24.3 Å². The fourth-order valence-electron chi connectivity index (χ4n) is 8.49. The number of phenols is 1. The molecule has 7 rings (SSSR count). The summed E-state index contributed by atoms with van der Waals surface area (Å²) in [6.45, 7) is 1.93. The van der Waals surface area contributed by atoms with Crippen molar-refractivity contribution in [3.8, 4) is 17.2 Å². The Kier molecular flexibility index (Phi) is 7.26. The van der Waals surface area contributed by atoms with Crippen molar-refractivity contribution < 1.29 is 38.6 Å². The van der Waals surface area contributed by atoms with E-state index in [1.165, 1.54) is 26.4 Å². The first-order chi connectivity index (χ1) is 23.0. The van der Waals surface area contributed by atoms with Gasteiger partial charge in [-0.3, -0.25) is 24.6 Å². The second-order valence-corrected chi connectivity index (χ2v) is 12.7. The van der Waals surface area contributed by atoms with E-state index in [0.717, 1.165) is 10.6 Å². The number of hydrogen-bond donors (Lipinski definition) is 3. The SMILES string of the molecule is COc1cc(O)cc(OC)c1C1C2=CCC3C(=O)N(C(N)=O)C(=O)C3C2CC2C(=O)N(Nc3ccc(C)cc3)C(=O)C21c1ccccc1. The van der Waals surface area contributed by atoms with Gasteiger partial charge in [0.25, 0.3) is 11.8 Å². The molecule has 3 aromatic carbocycles. The maximum Gasteiger partial charge on any atom is 0.328 e. The number of nitrogens with two attached hydrogens (primary N) is 1. The van der Waals surface area contributed by atoms with Crippen LogP contribution in [0.5, 0.6) is 17.2 Å². The van der Waals surface area contributed by atoms with Crippen LogP contribution in [0.3, 0.4) is 0 Å². The molecule has 1 saturated carbocycles. The molecule has 0 bridgehead atoms. The van der Waals surface area contributed by atoms with Gasteiger partial charge in [0.1, 0.15) is 17.2 Å². The molecule has 12 nitrogen and oxygen atoms in total. The number of benzene rings is 3. The zero-order chi connectivity index (χ0) is 34.1. The Hall–Kier alpha value is -5.65. The van der Waals surface area contributed by atoms with E-state index >= 15 is 4.79 Å². The van der Waals surface area contributed by atoms with Crippen LogP contribution in [-0.2, 0) is 24.6 Å². The molecule has 48 heavy (non-hydrogen) atoms. The highest BCUT2D eigenvalue weighted by Gasteiger charge is 2.71. The molecule has 3 fully saturated rings. The average Bonchev–Trinajstić information content (AvgIpc) is 3.46. The predicted molar refractivity (Wildman–Crippen MR) is 171 cm³/mol. The summed E-state index contributed by atoms with van der Waals surface area (Å²) in [6.07, 6.45) is 1.98. The monoisotopic (exact) mass is 650 g/mol. The van der Waals surface area contributed by atoms with Crippen LogP contribution in [0.15, 0.2) is 78.4 Å². The van der Waals surface area contributed by atoms with Crippen LogP contribution in [-0.4, -0.2) is 58.9 Å². The zero-order valence-electron chi connectivity index (χ0n) is 26.5. The van der Waals surface area contributed by atoms with Gasteiger partial charge in [-0.05, 0) is 43.4 Å². The molecule has 6 atom stereocenters. The normalized spacial score (nSPS) is 27.6. The lowest BCUT2D eigenvalue weighted by Gasteiger charge is -2.51. The van der Waals surface area contributed by atoms with Crippen molar-refractivity contribution in [2.24, 2.45) is 29.4 Å². The van der Waals surface area contributed by atoms with E-state index in [-0.39, 0.29) is 30.1 Å². The number of aromatic hydroxyl groups is 1. The molecular weight excluding hydrogens is 616 g/mol. The van der Waals surface area contributed by atoms with Crippen LogP contribution in [0, 0.1) is 30.6 Å². The predicted octanol–water partition coefficient (Wildman–Crippen LogP) is 3.78. The van der Waals surface area contributed by atoms with Crippen molar-refractivity contribution in [2.75, 3.05) is 19.6 Å². The number of amides is 6. The van der Waals surface area contributed by atoms with Crippen molar-refractivity contribution in [1.82, 2.24) is 9.91 Å². The fourth-order valence-corrected chi connectivity index (χ4v) is 8.49. The Morgan fingerprint density at radius 2 is 1.56 bits per heavy atom. The van der Waals surface area contributed by atoms with Gasteiger partial charge >= 0.3 is 6.03 Å². The topological polar surface area (TPSA) is 169 Å². The minimum absolute atomic E-state index is 0.0311. The average molecular weight is 651 g/mol. The number of urea groups is 1. The number of fused-ring (bicyclic) bond motifs is 4. The summed E-state index contributed by atoms with van der Waals surface area (Å²) in [5, 5.41) is 11.7. The molecule has 2 aliphatic heterocycles. The number of rotatable bonds is 6. The van der Waals surface area contributed by atoms with E-state index in [1.807, 2.05) is 31.2 Å². The van der Waals surface area contributed by atoms with Crippen LogP contribution in [0.25, 0.3) is 0 Å². The number of hydrazine groups is 1. The van der Waals surface area contributed by atoms with Gasteiger partial charge in [-0.15, -0.1) is 0 Å². The van der Waals surface area contributed by atoms with Crippen molar-refractivity contribution in [1.29, 1.82) is 0 Å². The second-order valence-electron chi connectivity index (χ2n) is 12.7. The summed E-state index contributed by atoms with van der Waals surface area (Å²) >= 11 is 0. The first-order valence-electron chi connectivity index (χ1n) is 15.6. The Morgan fingerprint density at radius 3 is 2.17 bits per heavy atom. The van der Waals surface area contributed by atoms with Gasteiger partial charge in [-0.1, -0.05) is 59.7 Å². The molecule has 6 amide bonds. The molecule has 6 unspecified atom stereocenters. The van der Waals surface area contributed by atoms with Gasteiger partial charge in [0.05, 0.1) is 43.1 Å². The molecule has 4 N–H and O–H groups in total. The molecule has 246 valence electrons. The molecule has 4 aliphatic rings. The fraction of sp³-hybridized carbons (Fsp3) is 0.306. The van der Waals surface area contributed by atoms with Gasteiger partial charge < -0.3 is 20.3 Å². The minimum Gasteiger partial charge on any atom is -0.508 e. The van der Waals surface area contributed by atoms with E-state index in [0.29, 0.717) is 27.3 Å². The van der Waals surface area contributed by atoms with Crippen LogP contribution in [0.4, 0.5) is 10.5 Å². The number of nitrogens with one attached hydrogen (secondary N) is 1. The summed E-state index contributed by atoms with van der Waals surface area (Å²) in [6, 6.07) is 17.9. The number of anilines is 1. The molecular formula is C36H34N4O8. The molecule has 2 heterocycles. The number of ether oxygens (including phenoxy) is 2. The number of imide groups is 4. The molecule has 2 saturated heterocycles. The van der Waals surface area contributed by atoms with Gasteiger partial charge in [-0.25, -0.2) is 4.79 Å². The standard InChI is InChI=1S/C36H34N4O8/c1-18-9-11-20(12-10-18)38-40-32(43)25-17-24-22(13-14-23-28(24)33(44)39(31(23)42)35(37)46)30(29-26(47-2)15-21(41)16-27(29)48-3)36(25,34(40)45)19-7-5-4-6-8-19/h4-13,15-16,23-25,28,30,38,41H,14,17H2,1-3H3,(H2,37,46). The number of aryl methyl sites for hydroxylation is 1. The summed E-state index contributed by atoms with van der Waals surface area (Å²) in [5.74, 6) is -6.78. The van der Waals surface area contributed by atoms with Crippen LogP contribution < -0.4 is 20.6 Å². The highest BCUT2D eigenvalue weighted by molar-refractivity contribution is 6.17. The second kappa shape index (κ2) is 11.3. The number of carbonyl (C=O) groups excluding carboxylic acids is 5. The lowest BCUT2D eigenvalue weighted by molar-refractivity contribution is -0.139. The quantitative estimate of drug-likeness (QED) is 0.266. The van der Waals surface area contributed by atoms with Crippen LogP contribution in [0.2, 0.25) is 0 Å². The smallest absolute Gasteiger partial charge is 0.328 e. The van der Waals surface area contributed by atoms with Crippen molar-refractivity contribution in [3.05, 3.63) is 95.1 Å². The number of methoxy groups -OCH3 is 2. The Balaban J connectivity index is 1.51. The van der Waals surface area contributed by atoms with E-state index in [4.69, 9.17) is 15.2 Å². The highest BCUT2D eigenvalue weighted by Crippen LogP contribution is 2.66. The lowest BCUT2D eigenvalue weighted by atomic mass is 9.49. The van der Waals surface area contributed by atoms with E-state index < -0.39 is 64.7 Å². The molecule has 0 aromatic heterocycles. The Bertz CT molecular complexity index is 1880. The van der Waals surface area contributed by atoms with E-state index in [1.54, 1.807) is 36.4 Å². The summed E-state index contributed by atoms with van der Waals surface area (Å²) in [4.78, 5) is 69.9. The molecule has 3 aromatic rings. The highest BCUT2D eigenvalue weighted by atomic mass is 16.5. The molecule has 12 heteroatoms. The largest absolute Gasteiger partial charge is 0.508 e. The van der Waals surface area contributed by atoms with Gasteiger partial charge in [0, 0.05) is 23.6 Å². The first-order valence-corrected chi connectivity index (χ1v) is 15.6. The van der Waals surface area contributed by atoms with Crippen molar-refractivity contribution in [2.45, 2.75) is 31.1 Å². The maximum absolute atomic E-state index is 15.2. The number of carbonyl (C=O) groups is 5. The third kappa shape index (κ3) is 4.24. The molecule has 0 spiro atoms. The number of phenolic OH excluding ortho intramolecular Hbond substituents is 1. The van der Waals surface area contributed by atoms with Crippen LogP contribution >= 0.6 is 0 Å². The first kappa shape index (κ1) is 31.0. The number of allylic oxidation sites excluding steroid dienone is 2. The van der Waals surface area contributed by atoms with Crippen molar-refractivity contribution in [3.63, 3.8) is 0 Å². The molecule has 2 aliphatic carbocycles. The number of primary amides is 1. The summed E-state index contributed by atoms with van der Waals surface area (Å²) < 4.78 is 11.6. The van der Waals surface area contributed by atoms with Gasteiger partial charge in [0.15, 0.2) is 0 Å². The number of likely N-dealkylation sites (tertiary alicyclic amines) is 1. The van der Waals surface area contributed by atoms with Crippen molar-refractivity contribution >= 4 is 35.3 Å². The minimum atomic E-state index is -1.59. The lowest BCUT2D eigenvalue weighted by Crippen LogP contribution is -2.53. The number of nitrogens with zero attached hydrogens (tertiary/aromatic N) is 2. The third-order valence-electron chi connectivity index (χ3n) is 10.4. The number of hydrogen-bond acceptors (Lipinski definition) is 9.